The second-order valence-corrected chi connectivity index (χ2v) is 4.84. The molecule has 3 rings (SSSR count). The van der Waals surface area contributed by atoms with E-state index in [2.05, 4.69) is 15.9 Å². The number of rotatable bonds is 0. The van der Waals surface area contributed by atoms with Gasteiger partial charge in [-0.1, -0.05) is 15.9 Å². The molecule has 1 heterocycles. The number of ketones is 1. The summed E-state index contributed by atoms with van der Waals surface area (Å²) in [6, 6.07) is 3.72. The molecule has 0 spiro atoms. The van der Waals surface area contributed by atoms with Crippen LogP contribution in [0.4, 0.5) is 0 Å². The highest BCUT2D eigenvalue weighted by molar-refractivity contribution is 9.10. The standard InChI is InChI=1S/C11H9BrO3/c12-8-2-1-6-3-9-10(15-5-14-9)4-7(6)11(8)13/h3-4,8H,1-2,5H2. The van der Waals surface area contributed by atoms with Gasteiger partial charge in [-0.3, -0.25) is 4.79 Å². The quantitative estimate of drug-likeness (QED) is 0.678. The van der Waals surface area contributed by atoms with Crippen LogP contribution in [0.1, 0.15) is 22.3 Å². The van der Waals surface area contributed by atoms with Crippen LogP contribution in [-0.2, 0) is 6.42 Å². The second kappa shape index (κ2) is 3.23. The molecule has 2 aliphatic rings. The molecule has 3 nitrogen and oxygen atoms in total. The zero-order valence-corrected chi connectivity index (χ0v) is 9.54. The molecular weight excluding hydrogens is 260 g/mol. The summed E-state index contributed by atoms with van der Waals surface area (Å²) < 4.78 is 10.5. The predicted molar refractivity (Wildman–Crippen MR) is 57.9 cm³/mol. The number of hydrogen-bond donors (Lipinski definition) is 0. The maximum atomic E-state index is 11.9. The van der Waals surface area contributed by atoms with Crippen LogP contribution in [-0.4, -0.2) is 17.4 Å². The van der Waals surface area contributed by atoms with Gasteiger partial charge in [-0.15, -0.1) is 0 Å². The van der Waals surface area contributed by atoms with Gasteiger partial charge in [0.2, 0.25) is 6.79 Å². The maximum absolute atomic E-state index is 11.9. The molecule has 0 saturated heterocycles. The van der Waals surface area contributed by atoms with E-state index in [1.165, 1.54) is 0 Å². The fourth-order valence-electron chi connectivity index (χ4n) is 2.00. The van der Waals surface area contributed by atoms with Gasteiger partial charge in [0.15, 0.2) is 17.3 Å². The minimum atomic E-state index is -0.0506. The van der Waals surface area contributed by atoms with Crippen molar-refractivity contribution in [2.45, 2.75) is 17.7 Å². The van der Waals surface area contributed by atoms with Crippen LogP contribution in [0.2, 0.25) is 0 Å². The molecule has 15 heavy (non-hydrogen) atoms. The molecule has 0 aromatic heterocycles. The topological polar surface area (TPSA) is 35.5 Å². The molecule has 1 aliphatic heterocycles. The normalized spacial score (nSPS) is 22.7. The van der Waals surface area contributed by atoms with Gasteiger partial charge < -0.3 is 9.47 Å². The number of aryl methyl sites for hydroxylation is 1. The average Bonchev–Trinajstić information content (AvgIpc) is 2.68. The predicted octanol–water partition coefficient (Wildman–Crippen LogP) is 2.31. The van der Waals surface area contributed by atoms with Crippen molar-refractivity contribution in [3.63, 3.8) is 0 Å². The fraction of sp³-hybridized carbons (Fsp3) is 0.364. The van der Waals surface area contributed by atoms with Gasteiger partial charge in [-0.2, -0.15) is 0 Å². The highest BCUT2D eigenvalue weighted by Crippen LogP contribution is 2.38. The molecule has 1 aromatic rings. The van der Waals surface area contributed by atoms with E-state index in [4.69, 9.17) is 9.47 Å². The van der Waals surface area contributed by atoms with Crippen LogP contribution in [0.5, 0.6) is 11.5 Å². The lowest BCUT2D eigenvalue weighted by molar-refractivity contribution is 0.0981. The van der Waals surface area contributed by atoms with Crippen molar-refractivity contribution in [1.29, 1.82) is 0 Å². The van der Waals surface area contributed by atoms with Gasteiger partial charge in [0.1, 0.15) is 0 Å². The van der Waals surface area contributed by atoms with Gasteiger partial charge in [0.25, 0.3) is 0 Å². The number of hydrogen-bond acceptors (Lipinski definition) is 3. The summed E-state index contributed by atoms with van der Waals surface area (Å²) in [6.45, 7) is 0.254. The van der Waals surface area contributed by atoms with Crippen molar-refractivity contribution in [2.75, 3.05) is 6.79 Å². The molecule has 0 bridgehead atoms. The zero-order valence-electron chi connectivity index (χ0n) is 7.96. The van der Waals surface area contributed by atoms with Gasteiger partial charge in [-0.05, 0) is 30.5 Å². The van der Waals surface area contributed by atoms with E-state index in [1.54, 1.807) is 6.07 Å². The van der Waals surface area contributed by atoms with Gasteiger partial charge in [0, 0.05) is 5.56 Å². The van der Waals surface area contributed by atoms with E-state index in [9.17, 15) is 4.79 Å². The van der Waals surface area contributed by atoms with Crippen LogP contribution < -0.4 is 9.47 Å². The number of benzene rings is 1. The Kier molecular flexibility index (Phi) is 1.99. The van der Waals surface area contributed by atoms with Crippen LogP contribution in [0.3, 0.4) is 0 Å². The Morgan fingerprint density at radius 2 is 2.00 bits per heavy atom. The second-order valence-electron chi connectivity index (χ2n) is 3.73. The molecule has 1 atom stereocenters. The average molecular weight is 269 g/mol. The van der Waals surface area contributed by atoms with Crippen LogP contribution in [0.25, 0.3) is 0 Å². The smallest absolute Gasteiger partial charge is 0.231 e. The molecule has 78 valence electrons. The largest absolute Gasteiger partial charge is 0.454 e. The number of fused-ring (bicyclic) bond motifs is 2. The summed E-state index contributed by atoms with van der Waals surface area (Å²) in [5.74, 6) is 1.59. The molecule has 0 radical (unpaired) electrons. The Balaban J connectivity index is 2.14. The lowest BCUT2D eigenvalue weighted by Gasteiger charge is -2.19. The van der Waals surface area contributed by atoms with E-state index >= 15 is 0 Å². The van der Waals surface area contributed by atoms with Gasteiger partial charge in [-0.25, -0.2) is 0 Å². The summed E-state index contributed by atoms with van der Waals surface area (Å²) in [7, 11) is 0. The first-order valence-electron chi connectivity index (χ1n) is 4.86. The Hall–Kier alpha value is -1.03. The Labute approximate surface area is 95.5 Å². The zero-order chi connectivity index (χ0) is 10.4. The molecule has 0 N–H and O–H groups in total. The van der Waals surface area contributed by atoms with E-state index < -0.39 is 0 Å². The first-order valence-corrected chi connectivity index (χ1v) is 5.78. The molecule has 1 aromatic carbocycles. The van der Waals surface area contributed by atoms with Crippen molar-refractivity contribution in [2.24, 2.45) is 0 Å². The van der Waals surface area contributed by atoms with Crippen LogP contribution >= 0.6 is 15.9 Å². The number of Topliss-reactive ketones (excluding diaryl/α,β-unsaturated/α-hetero) is 1. The van der Waals surface area contributed by atoms with Crippen LogP contribution in [0, 0.1) is 0 Å². The Morgan fingerprint density at radius 1 is 1.27 bits per heavy atom. The summed E-state index contributed by atoms with van der Waals surface area (Å²) in [6.07, 6.45) is 1.76. The Morgan fingerprint density at radius 3 is 2.80 bits per heavy atom. The third kappa shape index (κ3) is 1.35. The summed E-state index contributed by atoms with van der Waals surface area (Å²) in [4.78, 5) is 11.8. The minimum absolute atomic E-state index is 0.0506. The minimum Gasteiger partial charge on any atom is -0.454 e. The maximum Gasteiger partial charge on any atom is 0.231 e. The van der Waals surface area contributed by atoms with Crippen molar-refractivity contribution >= 4 is 21.7 Å². The molecule has 1 unspecified atom stereocenters. The molecule has 0 fully saturated rings. The van der Waals surface area contributed by atoms with E-state index in [-0.39, 0.29) is 17.4 Å². The van der Waals surface area contributed by atoms with Crippen LogP contribution in [0.15, 0.2) is 12.1 Å². The first kappa shape index (κ1) is 9.21. The number of carbonyl (C=O) groups is 1. The van der Waals surface area contributed by atoms with Crippen molar-refractivity contribution in [1.82, 2.24) is 0 Å². The van der Waals surface area contributed by atoms with E-state index in [0.29, 0.717) is 5.75 Å². The first-order chi connectivity index (χ1) is 7.25. The SMILES string of the molecule is O=C1c2cc3c(cc2CCC1Br)OCO3. The molecule has 0 amide bonds. The molecule has 0 saturated carbocycles. The molecule has 4 heteroatoms. The molecule has 1 aliphatic carbocycles. The lowest BCUT2D eigenvalue weighted by Crippen LogP contribution is -2.22. The third-order valence-electron chi connectivity index (χ3n) is 2.82. The number of ether oxygens (including phenoxy) is 2. The molecular formula is C11H9BrO3. The van der Waals surface area contributed by atoms with Gasteiger partial charge in [0.05, 0.1) is 4.83 Å². The lowest BCUT2D eigenvalue weighted by atomic mass is 9.90. The summed E-state index contributed by atoms with van der Waals surface area (Å²) in [5, 5.41) is 0. The number of carbonyl (C=O) groups excluding carboxylic acids is 1. The summed E-state index contributed by atoms with van der Waals surface area (Å²) in [5.41, 5.74) is 1.84. The summed E-state index contributed by atoms with van der Waals surface area (Å²) >= 11 is 3.38. The highest BCUT2D eigenvalue weighted by Gasteiger charge is 2.28. The highest BCUT2D eigenvalue weighted by atomic mass is 79.9. The van der Waals surface area contributed by atoms with Crippen molar-refractivity contribution < 1.29 is 14.3 Å². The van der Waals surface area contributed by atoms with E-state index in [0.717, 1.165) is 29.7 Å². The third-order valence-corrected chi connectivity index (χ3v) is 3.69. The van der Waals surface area contributed by atoms with E-state index in [1.807, 2.05) is 6.07 Å². The number of halogens is 1. The number of alkyl halides is 1. The van der Waals surface area contributed by atoms with Crippen molar-refractivity contribution in [3.05, 3.63) is 23.3 Å². The fourth-order valence-corrected chi connectivity index (χ4v) is 2.48. The van der Waals surface area contributed by atoms with Gasteiger partial charge >= 0.3 is 0 Å². The van der Waals surface area contributed by atoms with Crippen molar-refractivity contribution in [3.8, 4) is 11.5 Å². The Bertz CT molecular complexity index is 442. The monoisotopic (exact) mass is 268 g/mol.